The topological polar surface area (TPSA) is 263 Å². The van der Waals surface area contributed by atoms with Crippen LogP contribution in [0.5, 0.6) is 23.0 Å². The predicted molar refractivity (Wildman–Crippen MR) is 281 cm³/mol. The van der Waals surface area contributed by atoms with Crippen LogP contribution in [0.2, 0.25) is 0 Å². The summed E-state index contributed by atoms with van der Waals surface area (Å²) >= 11 is 0. The van der Waals surface area contributed by atoms with Crippen molar-refractivity contribution >= 4 is 19.7 Å². The van der Waals surface area contributed by atoms with Gasteiger partial charge in [0.15, 0.2) is 42.8 Å². The van der Waals surface area contributed by atoms with E-state index in [-0.39, 0.29) is 50.5 Å². The number of hydrogen-bond acceptors (Lipinski definition) is 20. The Hall–Kier alpha value is -7.54. The Bertz CT molecular complexity index is 3140. The van der Waals surface area contributed by atoms with Gasteiger partial charge in [-0.2, -0.15) is 0 Å². The second kappa shape index (κ2) is 25.3. The largest absolute Gasteiger partial charge is 0.494 e. The van der Waals surface area contributed by atoms with Crippen LogP contribution >= 0.6 is 0 Å². The molecule has 0 aliphatic heterocycles. The molecule has 2 atom stereocenters. The molecule has 0 spiro atoms. The van der Waals surface area contributed by atoms with Gasteiger partial charge in [0.2, 0.25) is 11.6 Å². The lowest BCUT2D eigenvalue weighted by molar-refractivity contribution is 0.193. The number of hydrogen-bond donors (Lipinski definition) is 0. The Kier molecular flexibility index (Phi) is 18.7. The van der Waals surface area contributed by atoms with Crippen molar-refractivity contribution in [1.29, 1.82) is 0 Å². The van der Waals surface area contributed by atoms with Crippen molar-refractivity contribution in [2.75, 3.05) is 55.9 Å². The molecule has 0 N–H and O–H groups in total. The molecule has 8 aromatic rings. The molecule has 0 aliphatic rings. The van der Waals surface area contributed by atoms with Crippen molar-refractivity contribution in [1.82, 2.24) is 49.5 Å². The van der Waals surface area contributed by atoms with Crippen molar-refractivity contribution in [3.05, 3.63) is 131 Å². The van der Waals surface area contributed by atoms with Crippen LogP contribution in [0, 0.1) is 27.7 Å². The third-order valence-corrected chi connectivity index (χ3v) is 16.2. The molecule has 8 rings (SSSR count). The highest BCUT2D eigenvalue weighted by atomic mass is 32.2. The second-order valence-corrected chi connectivity index (χ2v) is 22.1. The van der Waals surface area contributed by atoms with Gasteiger partial charge in [0.25, 0.3) is 0 Å². The zero-order valence-corrected chi connectivity index (χ0v) is 45.7. The van der Waals surface area contributed by atoms with Crippen LogP contribution in [0.3, 0.4) is 0 Å². The van der Waals surface area contributed by atoms with Gasteiger partial charge in [0.05, 0.1) is 38.9 Å². The van der Waals surface area contributed by atoms with E-state index in [1.807, 2.05) is 27.7 Å². The molecular formula is C52H62N10O12S2. The van der Waals surface area contributed by atoms with Gasteiger partial charge in [0, 0.05) is 65.1 Å². The number of methoxy groups -OCH3 is 6. The van der Waals surface area contributed by atoms with Gasteiger partial charge >= 0.3 is 0 Å². The first-order chi connectivity index (χ1) is 36.5. The third kappa shape index (κ3) is 13.3. The quantitative estimate of drug-likeness (QED) is 0.0588. The summed E-state index contributed by atoms with van der Waals surface area (Å²) in [5.74, 6) is 5.12. The number of ether oxygens (including phenoxy) is 6. The summed E-state index contributed by atoms with van der Waals surface area (Å²) in [5.41, 5.74) is 2.72. The van der Waals surface area contributed by atoms with E-state index in [1.165, 1.54) is 42.7 Å². The van der Waals surface area contributed by atoms with Crippen LogP contribution < -0.4 is 18.9 Å². The number of benzene rings is 2. The van der Waals surface area contributed by atoms with Crippen molar-refractivity contribution in [3.63, 3.8) is 0 Å². The maximum absolute atomic E-state index is 13.8. The minimum absolute atomic E-state index is 0.141. The number of aromatic nitrogens is 10. The van der Waals surface area contributed by atoms with Gasteiger partial charge in [-0.05, 0) is 100 Å². The van der Waals surface area contributed by atoms with Gasteiger partial charge in [-0.25, -0.2) is 36.8 Å². The van der Waals surface area contributed by atoms with Crippen LogP contribution in [-0.4, -0.2) is 133 Å². The summed E-state index contributed by atoms with van der Waals surface area (Å²) in [6.45, 7) is 7.90. The maximum atomic E-state index is 13.8. The molecule has 0 saturated carbocycles. The average Bonchev–Trinajstić information content (AvgIpc) is 4.24. The average molecular weight is 1080 g/mol. The zero-order chi connectivity index (χ0) is 54.6. The van der Waals surface area contributed by atoms with Gasteiger partial charge in [0.1, 0.15) is 69.0 Å². The Morgan fingerprint density at radius 2 is 0.829 bits per heavy atom. The van der Waals surface area contributed by atoms with E-state index in [0.29, 0.717) is 80.7 Å². The fourth-order valence-electron chi connectivity index (χ4n) is 8.19. The minimum Gasteiger partial charge on any atom is -0.494 e. The molecule has 0 amide bonds. The molecule has 0 radical (unpaired) electrons. The summed E-state index contributed by atoms with van der Waals surface area (Å²) in [6.07, 6.45) is 7.51. The molecule has 22 nitrogen and oxygen atoms in total. The fourth-order valence-corrected chi connectivity index (χ4v) is 11.5. The van der Waals surface area contributed by atoms with E-state index < -0.39 is 41.7 Å². The lowest BCUT2D eigenvalue weighted by Gasteiger charge is -2.19. The highest BCUT2D eigenvalue weighted by Crippen LogP contribution is 2.39. The molecule has 6 aromatic heterocycles. The summed E-state index contributed by atoms with van der Waals surface area (Å²) in [6, 6.07) is 17.7. The van der Waals surface area contributed by atoms with Crippen LogP contribution in [0.4, 0.5) is 0 Å². The molecule has 76 heavy (non-hydrogen) atoms. The fraction of sp³-hybridized carbons (Fsp3) is 0.385. The summed E-state index contributed by atoms with van der Waals surface area (Å²) in [5, 5.41) is 15.6. The van der Waals surface area contributed by atoms with Gasteiger partial charge in [-0.1, -0.05) is 12.1 Å². The van der Waals surface area contributed by atoms with Crippen molar-refractivity contribution in [2.24, 2.45) is 0 Å². The van der Waals surface area contributed by atoms with E-state index in [4.69, 9.17) is 37.3 Å². The Labute approximate surface area is 441 Å². The highest BCUT2D eigenvalue weighted by Gasteiger charge is 2.34. The molecule has 24 heteroatoms. The Morgan fingerprint density at radius 1 is 0.487 bits per heavy atom. The Morgan fingerprint density at radius 3 is 1.12 bits per heavy atom. The maximum Gasteiger partial charge on any atom is 0.204 e. The summed E-state index contributed by atoms with van der Waals surface area (Å²) in [7, 11) is 1.61. The first-order valence-electron chi connectivity index (χ1n) is 23.9. The first kappa shape index (κ1) is 56.2. The number of aryl methyl sites for hydroxylation is 4. The van der Waals surface area contributed by atoms with Crippen molar-refractivity contribution in [2.45, 2.75) is 75.4 Å². The van der Waals surface area contributed by atoms with E-state index in [9.17, 15) is 16.8 Å². The normalized spacial score (nSPS) is 12.4. The van der Waals surface area contributed by atoms with Crippen LogP contribution in [0.15, 0.2) is 94.3 Å². The molecular weight excluding hydrogens is 1020 g/mol. The minimum atomic E-state index is -3.78. The SMILES string of the molecule is COCC[C@@H](Cc1ncc(C)cn1)S(=O)(=O)Cc1nnc(-c2ccc(C)o2)n1-c1c(OC)cccc1OC.COCC[C@H](Cc1ncc(C)cn1)S(=O)(=O)Cc1nnc(-c2ccc(C)o2)n1-c1c(OC)cccc1OC. The number of furan rings is 2. The van der Waals surface area contributed by atoms with Crippen molar-refractivity contribution < 1.29 is 54.1 Å². The number of para-hydroxylation sites is 2. The van der Waals surface area contributed by atoms with E-state index in [1.54, 1.807) is 94.6 Å². The van der Waals surface area contributed by atoms with E-state index >= 15 is 0 Å². The van der Waals surface area contributed by atoms with Gasteiger partial charge in [-0.3, -0.25) is 9.13 Å². The third-order valence-electron chi connectivity index (χ3n) is 12.1. The van der Waals surface area contributed by atoms with Crippen molar-refractivity contribution in [3.8, 4) is 57.5 Å². The predicted octanol–water partition coefficient (Wildman–Crippen LogP) is 7.03. The molecule has 0 aliphatic carbocycles. The summed E-state index contributed by atoms with van der Waals surface area (Å²) in [4.78, 5) is 17.2. The molecule has 404 valence electrons. The second-order valence-electron chi connectivity index (χ2n) is 17.6. The van der Waals surface area contributed by atoms with E-state index in [2.05, 4.69) is 40.3 Å². The Balaban J connectivity index is 0.000000221. The summed E-state index contributed by atoms with van der Waals surface area (Å²) < 4.78 is 103. The van der Waals surface area contributed by atoms with Crippen LogP contribution in [0.1, 0.15) is 58.8 Å². The first-order valence-corrected chi connectivity index (χ1v) is 27.4. The number of sulfone groups is 2. The number of rotatable bonds is 24. The molecule has 2 aromatic carbocycles. The molecule has 0 bridgehead atoms. The molecule has 0 fully saturated rings. The smallest absolute Gasteiger partial charge is 0.204 e. The lowest BCUT2D eigenvalue weighted by Crippen LogP contribution is -2.28. The zero-order valence-electron chi connectivity index (χ0n) is 44.1. The standard InChI is InChI=1S/2C26H31N5O6S/c2*1-17-14-27-23(28-15-17)13-19(11-12-34-3)38(32,33)16-24-29-30-26(22-10-9-18(2)37-22)31(24)25-20(35-4)7-6-8-21(25)36-5/h2*6-10,14-15,19H,11-13,16H2,1-5H3/t2*19-/m10/s1. The van der Waals surface area contributed by atoms with Crippen LogP contribution in [0.25, 0.3) is 34.5 Å². The molecule has 6 heterocycles. The molecule has 0 saturated heterocycles. The van der Waals surface area contributed by atoms with E-state index in [0.717, 1.165) is 11.1 Å². The van der Waals surface area contributed by atoms with Gasteiger partial charge < -0.3 is 37.3 Å². The number of nitrogens with zero attached hydrogens (tertiary/aromatic N) is 10. The highest BCUT2D eigenvalue weighted by molar-refractivity contribution is 7.91. The molecule has 0 unspecified atom stereocenters. The van der Waals surface area contributed by atoms with Crippen LogP contribution in [-0.2, 0) is 53.5 Å². The lowest BCUT2D eigenvalue weighted by atomic mass is 10.2. The monoisotopic (exact) mass is 1080 g/mol. The van der Waals surface area contributed by atoms with Gasteiger partial charge in [-0.15, -0.1) is 20.4 Å².